The van der Waals surface area contributed by atoms with Crippen molar-refractivity contribution in [1.82, 2.24) is 19.7 Å². The molecular weight excluding hydrogens is 530 g/mol. The van der Waals surface area contributed by atoms with Gasteiger partial charge in [-0.2, -0.15) is 13.2 Å². The van der Waals surface area contributed by atoms with Crippen molar-refractivity contribution in [1.29, 1.82) is 0 Å². The molecule has 1 unspecified atom stereocenters. The van der Waals surface area contributed by atoms with E-state index in [2.05, 4.69) is 35.8 Å². The van der Waals surface area contributed by atoms with Gasteiger partial charge < -0.3 is 0 Å². The van der Waals surface area contributed by atoms with Crippen LogP contribution in [0.25, 0.3) is 11.5 Å². The van der Waals surface area contributed by atoms with E-state index in [9.17, 15) is 17.4 Å². The number of halogens is 6. The molecule has 0 aliphatic carbocycles. The zero-order valence-corrected chi connectivity index (χ0v) is 19.3. The number of nitrogens with one attached hydrogen (secondary N) is 1. The van der Waals surface area contributed by atoms with Gasteiger partial charge in [0.1, 0.15) is 16.7 Å². The first-order valence-corrected chi connectivity index (χ1v) is 11.0. The molecule has 160 valence electrons. The van der Waals surface area contributed by atoms with E-state index in [0.29, 0.717) is 10.6 Å². The number of anilines is 1. The van der Waals surface area contributed by atoms with E-state index in [0.717, 1.165) is 12.1 Å². The molecule has 0 fully saturated rings. The van der Waals surface area contributed by atoms with Gasteiger partial charge in [0.15, 0.2) is 5.82 Å². The minimum Gasteiger partial charge on any atom is -0.299 e. The zero-order valence-electron chi connectivity index (χ0n) is 15.3. The number of benzene rings is 1. The fourth-order valence-electron chi connectivity index (χ4n) is 2.58. The van der Waals surface area contributed by atoms with Gasteiger partial charge in [-0.15, -0.1) is 10.2 Å². The van der Waals surface area contributed by atoms with E-state index < -0.39 is 27.7 Å². The minimum absolute atomic E-state index is 0.0363. The molecule has 0 saturated heterocycles. The van der Waals surface area contributed by atoms with Crippen molar-refractivity contribution >= 4 is 55.8 Å². The summed E-state index contributed by atoms with van der Waals surface area (Å²) in [5.41, 5.74) is -0.583. The smallest absolute Gasteiger partial charge is 0.299 e. The topological polar surface area (TPSA) is 72.7 Å². The van der Waals surface area contributed by atoms with Gasteiger partial charge in [-0.25, -0.2) is 9.19 Å². The normalized spacial score (nSPS) is 13.0. The highest BCUT2D eigenvalue weighted by atomic mass is 79.9. The Balaban J connectivity index is 2.03. The number of rotatable bonds is 5. The van der Waals surface area contributed by atoms with Gasteiger partial charge >= 0.3 is 6.18 Å². The molecule has 1 aromatic carbocycles. The second-order valence-corrected chi connectivity index (χ2v) is 9.08. The number of hydrogen-bond donors (Lipinski definition) is 1. The summed E-state index contributed by atoms with van der Waals surface area (Å²) in [4.78, 5) is 4.13. The van der Waals surface area contributed by atoms with Crippen LogP contribution in [0.4, 0.5) is 18.9 Å². The van der Waals surface area contributed by atoms with Crippen molar-refractivity contribution in [3.8, 4) is 11.5 Å². The predicted molar refractivity (Wildman–Crippen MR) is 113 cm³/mol. The van der Waals surface area contributed by atoms with Gasteiger partial charge in [0, 0.05) is 12.2 Å². The van der Waals surface area contributed by atoms with Gasteiger partial charge in [-0.3, -0.25) is 9.29 Å². The number of pyridine rings is 1. The first kappa shape index (κ1) is 23.0. The molecule has 0 amide bonds. The van der Waals surface area contributed by atoms with Crippen LogP contribution < -0.4 is 4.72 Å². The van der Waals surface area contributed by atoms with Crippen molar-refractivity contribution in [3.05, 3.63) is 50.8 Å². The Morgan fingerprint density at radius 2 is 1.90 bits per heavy atom. The number of hydrogen-bond acceptors (Lipinski definition) is 4. The summed E-state index contributed by atoms with van der Waals surface area (Å²) < 4.78 is 57.0. The Labute approximate surface area is 190 Å². The van der Waals surface area contributed by atoms with Gasteiger partial charge in [0.25, 0.3) is 0 Å². The Morgan fingerprint density at radius 3 is 2.53 bits per heavy atom. The van der Waals surface area contributed by atoms with Crippen LogP contribution in [0.3, 0.4) is 0 Å². The lowest BCUT2D eigenvalue weighted by Gasteiger charge is -2.15. The van der Waals surface area contributed by atoms with Gasteiger partial charge in [0.2, 0.25) is 4.73 Å². The maximum Gasteiger partial charge on any atom is 0.417 e. The minimum atomic E-state index is -4.68. The average molecular weight is 543 g/mol. The van der Waals surface area contributed by atoms with E-state index >= 15 is 0 Å². The average Bonchev–Trinajstić information content (AvgIpc) is 3.02. The van der Waals surface area contributed by atoms with Crippen molar-refractivity contribution in [2.75, 3.05) is 4.72 Å². The van der Waals surface area contributed by atoms with E-state index in [4.69, 9.17) is 23.2 Å². The summed E-state index contributed by atoms with van der Waals surface area (Å²) >= 11 is 15.0. The van der Waals surface area contributed by atoms with Crippen molar-refractivity contribution in [3.63, 3.8) is 0 Å². The van der Waals surface area contributed by atoms with E-state index in [1.807, 2.05) is 13.8 Å². The number of alkyl halides is 3. The molecule has 3 aromatic rings. The maximum absolute atomic E-state index is 13.1. The molecule has 6 nitrogen and oxygen atoms in total. The Hall–Kier alpha value is -1.69. The second-order valence-electron chi connectivity index (χ2n) is 6.32. The van der Waals surface area contributed by atoms with Crippen LogP contribution in [-0.4, -0.2) is 24.0 Å². The fourth-order valence-corrected chi connectivity index (χ4v) is 4.51. The molecule has 0 bridgehead atoms. The summed E-state index contributed by atoms with van der Waals surface area (Å²) in [5, 5.41) is 7.82. The third-order valence-electron chi connectivity index (χ3n) is 3.90. The third-order valence-corrected chi connectivity index (χ3v) is 6.06. The van der Waals surface area contributed by atoms with Crippen LogP contribution in [0.15, 0.2) is 40.1 Å². The molecule has 0 spiro atoms. The largest absolute Gasteiger partial charge is 0.417 e. The molecule has 0 radical (unpaired) electrons. The third kappa shape index (κ3) is 4.79. The van der Waals surface area contributed by atoms with E-state index in [-0.39, 0.29) is 27.3 Å². The van der Waals surface area contributed by atoms with Crippen LogP contribution >= 0.6 is 39.1 Å². The predicted octanol–water partition coefficient (Wildman–Crippen LogP) is 6.14. The zero-order chi connectivity index (χ0) is 22.2. The molecule has 1 atom stereocenters. The standard InChI is InChI=1S/C17H13BrCl2F3N5OS/c1-8(2)28-15(25-26-16(28)18)14-13(5-9(19)7-24-14)27-30(29)10-3-4-12(20)11(6-10)17(21,22)23/h3-8,27H,1-2H3. The first-order chi connectivity index (χ1) is 14.0. The molecule has 13 heteroatoms. The van der Waals surface area contributed by atoms with E-state index in [1.165, 1.54) is 18.3 Å². The molecule has 1 N–H and O–H groups in total. The SMILES string of the molecule is CC(C)n1c(Br)nnc1-c1ncc(Cl)cc1NS(=O)c1ccc(Cl)c(C(F)(F)F)c1. The van der Waals surface area contributed by atoms with Crippen molar-refractivity contribution in [2.45, 2.75) is 31.0 Å². The highest BCUT2D eigenvalue weighted by Gasteiger charge is 2.34. The number of aromatic nitrogens is 4. The summed E-state index contributed by atoms with van der Waals surface area (Å²) in [6, 6.07) is 4.44. The number of nitrogens with zero attached hydrogens (tertiary/aromatic N) is 4. The van der Waals surface area contributed by atoms with Crippen LogP contribution in [0.5, 0.6) is 0 Å². The quantitative estimate of drug-likeness (QED) is 0.420. The molecule has 0 saturated carbocycles. The maximum atomic E-state index is 13.1. The Bertz CT molecular complexity index is 1120. The van der Waals surface area contributed by atoms with Crippen LogP contribution in [0, 0.1) is 0 Å². The summed E-state index contributed by atoms with van der Waals surface area (Å²) in [5.74, 6) is 0.361. The van der Waals surface area contributed by atoms with Crippen molar-refractivity contribution in [2.24, 2.45) is 0 Å². The summed E-state index contributed by atoms with van der Waals surface area (Å²) in [7, 11) is -2.07. The first-order valence-electron chi connectivity index (χ1n) is 8.30. The molecule has 3 rings (SSSR count). The summed E-state index contributed by atoms with van der Waals surface area (Å²) in [6.07, 6.45) is -3.30. The molecular formula is C17H13BrCl2F3N5OS. The molecule has 30 heavy (non-hydrogen) atoms. The second kappa shape index (κ2) is 8.81. The van der Waals surface area contributed by atoms with Crippen LogP contribution in [0.2, 0.25) is 10.0 Å². The molecule has 2 aromatic heterocycles. The molecule has 0 aliphatic rings. The monoisotopic (exact) mass is 541 g/mol. The Morgan fingerprint density at radius 1 is 1.20 bits per heavy atom. The highest BCUT2D eigenvalue weighted by molar-refractivity contribution is 9.10. The highest BCUT2D eigenvalue weighted by Crippen LogP contribution is 2.36. The van der Waals surface area contributed by atoms with Crippen LogP contribution in [0.1, 0.15) is 25.5 Å². The molecule has 2 heterocycles. The van der Waals surface area contributed by atoms with Crippen molar-refractivity contribution < 1.29 is 17.4 Å². The summed E-state index contributed by atoms with van der Waals surface area (Å²) in [6.45, 7) is 3.82. The molecule has 0 aliphatic heterocycles. The Kier molecular flexibility index (Phi) is 6.75. The lowest BCUT2D eigenvalue weighted by Crippen LogP contribution is -2.11. The lowest BCUT2D eigenvalue weighted by molar-refractivity contribution is -0.137. The van der Waals surface area contributed by atoms with Gasteiger partial charge in [-0.1, -0.05) is 23.2 Å². The van der Waals surface area contributed by atoms with Crippen LogP contribution in [-0.2, 0) is 17.2 Å². The lowest BCUT2D eigenvalue weighted by atomic mass is 10.2. The van der Waals surface area contributed by atoms with Gasteiger partial charge in [0.05, 0.1) is 26.2 Å². The van der Waals surface area contributed by atoms with E-state index in [1.54, 1.807) is 4.57 Å². The fraction of sp³-hybridized carbons (Fsp3) is 0.235. The van der Waals surface area contributed by atoms with Gasteiger partial charge in [-0.05, 0) is 54.0 Å².